The van der Waals surface area contributed by atoms with Crippen molar-refractivity contribution in [1.29, 1.82) is 0 Å². The number of aromatic nitrogens is 1. The Morgan fingerprint density at radius 3 is 2.48 bits per heavy atom. The average Bonchev–Trinajstić information content (AvgIpc) is 3.06. The third kappa shape index (κ3) is 3.96. The van der Waals surface area contributed by atoms with Crippen molar-refractivity contribution in [2.24, 2.45) is 0 Å². The zero-order chi connectivity index (χ0) is 23.9. The molecule has 4 rings (SSSR count). The van der Waals surface area contributed by atoms with Crippen LogP contribution in [-0.4, -0.2) is 28.9 Å². The van der Waals surface area contributed by atoms with E-state index in [9.17, 15) is 14.7 Å². The molecule has 2 aromatic carbocycles. The van der Waals surface area contributed by atoms with E-state index in [0.717, 1.165) is 11.1 Å². The minimum atomic E-state index is -0.929. The summed E-state index contributed by atoms with van der Waals surface area (Å²) >= 11 is 12.6. The normalized spacial score (nSPS) is 17.5. The van der Waals surface area contributed by atoms with Crippen LogP contribution in [0.25, 0.3) is 5.76 Å². The number of rotatable bonds is 4. The van der Waals surface area contributed by atoms with E-state index < -0.39 is 17.7 Å². The summed E-state index contributed by atoms with van der Waals surface area (Å²) in [5, 5.41) is 12.1. The lowest BCUT2D eigenvalue weighted by molar-refractivity contribution is -0.132. The van der Waals surface area contributed by atoms with Crippen molar-refractivity contribution in [3.8, 4) is 5.75 Å². The molecular weight excluding hydrogens is 463 g/mol. The Morgan fingerprint density at radius 2 is 1.85 bits per heavy atom. The maximum Gasteiger partial charge on any atom is 0.300 e. The predicted molar refractivity (Wildman–Crippen MR) is 128 cm³/mol. The van der Waals surface area contributed by atoms with Gasteiger partial charge in [-0.25, -0.2) is 0 Å². The molecule has 0 radical (unpaired) electrons. The number of benzene rings is 2. The van der Waals surface area contributed by atoms with E-state index in [1.165, 1.54) is 12.0 Å². The van der Waals surface area contributed by atoms with Gasteiger partial charge in [0.1, 0.15) is 11.5 Å². The van der Waals surface area contributed by atoms with Crippen LogP contribution in [-0.2, 0) is 9.59 Å². The number of ether oxygens (including phenoxy) is 1. The molecule has 1 atom stereocenters. The molecule has 1 fully saturated rings. The molecular formula is C25H20Cl2N2O4. The van der Waals surface area contributed by atoms with Crippen LogP contribution in [0.3, 0.4) is 0 Å². The maximum absolute atomic E-state index is 13.3. The third-order valence-corrected chi connectivity index (χ3v) is 6.21. The molecule has 1 saturated heterocycles. The summed E-state index contributed by atoms with van der Waals surface area (Å²) in [6.45, 7) is 3.64. The number of halogens is 2. The van der Waals surface area contributed by atoms with Gasteiger partial charge in [-0.05, 0) is 60.9 Å². The van der Waals surface area contributed by atoms with Crippen LogP contribution in [0, 0.1) is 13.8 Å². The van der Waals surface area contributed by atoms with Gasteiger partial charge in [0.25, 0.3) is 11.7 Å². The molecule has 1 aliphatic rings. The topological polar surface area (TPSA) is 79.7 Å². The Kier molecular flexibility index (Phi) is 6.15. The van der Waals surface area contributed by atoms with Gasteiger partial charge < -0.3 is 9.84 Å². The zero-order valence-electron chi connectivity index (χ0n) is 18.1. The number of carbonyl (C=O) groups is 2. The fourth-order valence-corrected chi connectivity index (χ4v) is 4.47. The number of pyridine rings is 1. The summed E-state index contributed by atoms with van der Waals surface area (Å²) in [6, 6.07) is 10.9. The number of methoxy groups -OCH3 is 1. The van der Waals surface area contributed by atoms with Gasteiger partial charge in [0.2, 0.25) is 0 Å². The number of ketones is 1. The number of hydrogen-bond donors (Lipinski definition) is 1. The summed E-state index contributed by atoms with van der Waals surface area (Å²) in [4.78, 5) is 32.0. The van der Waals surface area contributed by atoms with Gasteiger partial charge in [0.15, 0.2) is 0 Å². The van der Waals surface area contributed by atoms with Crippen molar-refractivity contribution in [3.05, 3.63) is 92.7 Å². The quantitative estimate of drug-likeness (QED) is 0.295. The highest BCUT2D eigenvalue weighted by atomic mass is 35.5. The highest BCUT2D eigenvalue weighted by Gasteiger charge is 2.47. The van der Waals surface area contributed by atoms with Crippen LogP contribution in [0.2, 0.25) is 10.0 Å². The maximum atomic E-state index is 13.3. The SMILES string of the molecule is COc1c(Cl)cc(C)cc1/C(O)=C1\C(=O)C(=O)N(c2ccc(C)c(Cl)c2)C1c1cccnc1. The Bertz CT molecular complexity index is 1310. The van der Waals surface area contributed by atoms with E-state index >= 15 is 0 Å². The van der Waals surface area contributed by atoms with Crippen molar-refractivity contribution in [1.82, 2.24) is 4.98 Å². The largest absolute Gasteiger partial charge is 0.507 e. The number of aliphatic hydroxyl groups excluding tert-OH is 1. The molecule has 0 aliphatic carbocycles. The Balaban J connectivity index is 2.00. The Morgan fingerprint density at radius 1 is 1.09 bits per heavy atom. The second-order valence-corrected chi connectivity index (χ2v) is 8.53. The van der Waals surface area contributed by atoms with Crippen molar-refractivity contribution < 1.29 is 19.4 Å². The molecule has 1 unspecified atom stereocenters. The number of amides is 1. The fourth-order valence-electron chi connectivity index (χ4n) is 3.94. The molecule has 1 N–H and O–H groups in total. The van der Waals surface area contributed by atoms with Crippen LogP contribution < -0.4 is 9.64 Å². The average molecular weight is 483 g/mol. The molecule has 33 heavy (non-hydrogen) atoms. The lowest BCUT2D eigenvalue weighted by atomic mass is 9.95. The summed E-state index contributed by atoms with van der Waals surface area (Å²) in [5.41, 5.74) is 2.68. The molecule has 0 spiro atoms. The first-order valence-electron chi connectivity index (χ1n) is 10.1. The Hall–Kier alpha value is -3.35. The molecule has 2 heterocycles. The number of nitrogens with zero attached hydrogens (tertiary/aromatic N) is 2. The third-order valence-electron chi connectivity index (χ3n) is 5.53. The van der Waals surface area contributed by atoms with E-state index in [0.29, 0.717) is 16.3 Å². The molecule has 0 bridgehead atoms. The number of aryl methyl sites for hydroxylation is 2. The number of carbonyl (C=O) groups excluding carboxylic acids is 2. The van der Waals surface area contributed by atoms with Crippen molar-refractivity contribution >= 4 is 46.3 Å². The minimum Gasteiger partial charge on any atom is -0.507 e. The predicted octanol–water partition coefficient (Wildman–Crippen LogP) is 5.64. The highest BCUT2D eigenvalue weighted by Crippen LogP contribution is 2.44. The molecule has 1 aliphatic heterocycles. The van der Waals surface area contributed by atoms with Crippen LogP contribution >= 0.6 is 23.2 Å². The van der Waals surface area contributed by atoms with E-state index in [1.807, 2.05) is 6.92 Å². The standard InChI is InChI=1S/C25H20Cl2N2O4/c1-13-9-17(24(33-3)19(27)10-13)22(30)20-21(15-5-4-8-28-12-15)29(25(32)23(20)31)16-7-6-14(2)18(26)11-16/h4-12,21,30H,1-3H3/b22-20+. The second kappa shape index (κ2) is 8.89. The van der Waals surface area contributed by atoms with Crippen molar-refractivity contribution in [2.75, 3.05) is 12.0 Å². The van der Waals surface area contributed by atoms with Crippen LogP contribution in [0.4, 0.5) is 5.69 Å². The zero-order valence-corrected chi connectivity index (χ0v) is 19.6. The van der Waals surface area contributed by atoms with Gasteiger partial charge in [-0.2, -0.15) is 0 Å². The van der Waals surface area contributed by atoms with Gasteiger partial charge >= 0.3 is 0 Å². The summed E-state index contributed by atoms with van der Waals surface area (Å²) in [7, 11) is 1.42. The molecule has 1 amide bonds. The summed E-state index contributed by atoms with van der Waals surface area (Å²) < 4.78 is 5.39. The van der Waals surface area contributed by atoms with E-state index in [4.69, 9.17) is 27.9 Å². The summed E-state index contributed by atoms with van der Waals surface area (Å²) in [6.07, 6.45) is 3.13. The molecule has 0 saturated carbocycles. The second-order valence-electron chi connectivity index (χ2n) is 7.72. The van der Waals surface area contributed by atoms with Crippen LogP contribution in [0.15, 0.2) is 60.4 Å². The molecule has 8 heteroatoms. The number of hydrogen-bond acceptors (Lipinski definition) is 5. The number of anilines is 1. The summed E-state index contributed by atoms with van der Waals surface area (Å²) in [5.74, 6) is -1.81. The van der Waals surface area contributed by atoms with Crippen LogP contribution in [0.1, 0.15) is 28.3 Å². The minimum absolute atomic E-state index is 0.0929. The molecule has 1 aromatic heterocycles. The highest BCUT2D eigenvalue weighted by molar-refractivity contribution is 6.52. The smallest absolute Gasteiger partial charge is 0.300 e. The lowest BCUT2D eigenvalue weighted by Crippen LogP contribution is -2.29. The lowest BCUT2D eigenvalue weighted by Gasteiger charge is -2.25. The number of Topliss-reactive ketones (excluding diaryl/α,β-unsaturated/α-hetero) is 1. The first-order valence-corrected chi connectivity index (χ1v) is 10.8. The number of aliphatic hydroxyl groups is 1. The van der Waals surface area contributed by atoms with Crippen LogP contribution in [0.5, 0.6) is 5.75 Å². The monoisotopic (exact) mass is 482 g/mol. The Labute approximate surface area is 201 Å². The van der Waals surface area contributed by atoms with Gasteiger partial charge in [-0.15, -0.1) is 0 Å². The van der Waals surface area contributed by atoms with Gasteiger partial charge in [-0.1, -0.05) is 35.3 Å². The first-order chi connectivity index (χ1) is 15.7. The van der Waals surface area contributed by atoms with Crippen molar-refractivity contribution in [2.45, 2.75) is 19.9 Å². The molecule has 3 aromatic rings. The van der Waals surface area contributed by atoms with Gasteiger partial charge in [0.05, 0.1) is 29.3 Å². The fraction of sp³-hybridized carbons (Fsp3) is 0.160. The molecule has 168 valence electrons. The first kappa shape index (κ1) is 22.8. The van der Waals surface area contributed by atoms with Crippen molar-refractivity contribution in [3.63, 3.8) is 0 Å². The van der Waals surface area contributed by atoms with Gasteiger partial charge in [-0.3, -0.25) is 19.5 Å². The van der Waals surface area contributed by atoms with E-state index in [-0.39, 0.29) is 27.7 Å². The van der Waals surface area contributed by atoms with E-state index in [1.54, 1.807) is 61.8 Å². The van der Waals surface area contributed by atoms with Gasteiger partial charge in [0, 0.05) is 23.1 Å². The van der Waals surface area contributed by atoms with E-state index in [2.05, 4.69) is 4.98 Å². The molecule has 6 nitrogen and oxygen atoms in total.